The summed E-state index contributed by atoms with van der Waals surface area (Å²) in [5, 5.41) is 8.49. The molecule has 0 spiro atoms. The van der Waals surface area contributed by atoms with Crippen LogP contribution < -0.4 is 0 Å². The Balaban J connectivity index is 2.59. The fourth-order valence-electron chi connectivity index (χ4n) is 0.623. The SMILES string of the molecule is C[C@H]1OCC1(C)C#N. The van der Waals surface area contributed by atoms with Crippen molar-refractivity contribution in [3.05, 3.63) is 0 Å². The maximum absolute atomic E-state index is 8.49. The van der Waals surface area contributed by atoms with E-state index in [0.29, 0.717) is 6.61 Å². The second kappa shape index (κ2) is 1.46. The van der Waals surface area contributed by atoms with Crippen LogP contribution in [-0.2, 0) is 4.74 Å². The number of hydrogen-bond acceptors (Lipinski definition) is 2. The monoisotopic (exact) mass is 111 g/mol. The van der Waals surface area contributed by atoms with Gasteiger partial charge >= 0.3 is 0 Å². The van der Waals surface area contributed by atoms with Gasteiger partial charge in [0.05, 0.1) is 18.8 Å². The van der Waals surface area contributed by atoms with E-state index >= 15 is 0 Å². The van der Waals surface area contributed by atoms with Crippen LogP contribution in [0.1, 0.15) is 13.8 Å². The minimum atomic E-state index is -0.194. The van der Waals surface area contributed by atoms with Crippen molar-refractivity contribution >= 4 is 0 Å². The summed E-state index contributed by atoms with van der Waals surface area (Å²) in [4.78, 5) is 0. The lowest BCUT2D eigenvalue weighted by atomic mass is 9.83. The maximum atomic E-state index is 8.49. The van der Waals surface area contributed by atoms with Gasteiger partial charge in [-0.05, 0) is 13.8 Å². The zero-order valence-electron chi connectivity index (χ0n) is 5.14. The lowest BCUT2D eigenvalue weighted by Gasteiger charge is -2.38. The third-order valence-electron chi connectivity index (χ3n) is 1.79. The van der Waals surface area contributed by atoms with Crippen LogP contribution in [0.5, 0.6) is 0 Å². The largest absolute Gasteiger partial charge is 0.375 e. The maximum Gasteiger partial charge on any atom is 0.104 e. The van der Waals surface area contributed by atoms with E-state index in [1.807, 2.05) is 13.8 Å². The van der Waals surface area contributed by atoms with Gasteiger partial charge in [-0.2, -0.15) is 5.26 Å². The Hall–Kier alpha value is -0.550. The van der Waals surface area contributed by atoms with Crippen molar-refractivity contribution in [3.63, 3.8) is 0 Å². The fraction of sp³-hybridized carbons (Fsp3) is 0.833. The van der Waals surface area contributed by atoms with Gasteiger partial charge in [-0.15, -0.1) is 0 Å². The standard InChI is InChI=1S/C6H9NO/c1-5-6(2,3-7)4-8-5/h5H,4H2,1-2H3/t5-,6?/m1/s1. The molecule has 0 amide bonds. The molecule has 2 heteroatoms. The molecular weight excluding hydrogens is 102 g/mol. The summed E-state index contributed by atoms with van der Waals surface area (Å²) in [6.45, 7) is 4.44. The molecule has 0 aliphatic carbocycles. The van der Waals surface area contributed by atoms with Crippen LogP contribution in [0, 0.1) is 16.7 Å². The Morgan fingerprint density at radius 2 is 2.50 bits per heavy atom. The molecule has 2 atom stereocenters. The van der Waals surface area contributed by atoms with Gasteiger partial charge in [0.25, 0.3) is 0 Å². The number of nitrogens with zero attached hydrogens (tertiary/aromatic N) is 1. The zero-order valence-corrected chi connectivity index (χ0v) is 5.14. The average Bonchev–Trinajstić information content (AvgIpc) is 1.83. The van der Waals surface area contributed by atoms with E-state index in [9.17, 15) is 0 Å². The molecule has 0 saturated carbocycles. The van der Waals surface area contributed by atoms with Crippen molar-refractivity contribution < 1.29 is 4.74 Å². The van der Waals surface area contributed by atoms with Gasteiger partial charge in [0, 0.05) is 0 Å². The second-order valence-corrected chi connectivity index (χ2v) is 2.48. The molecular formula is C6H9NO. The summed E-state index contributed by atoms with van der Waals surface area (Å²) in [5.74, 6) is 0. The lowest BCUT2D eigenvalue weighted by molar-refractivity contribution is -0.135. The Morgan fingerprint density at radius 3 is 2.50 bits per heavy atom. The normalized spacial score (nSPS) is 44.9. The average molecular weight is 111 g/mol. The molecule has 0 aromatic carbocycles. The highest BCUT2D eigenvalue weighted by Crippen LogP contribution is 2.32. The Bertz CT molecular complexity index is 138. The van der Waals surface area contributed by atoms with Crippen molar-refractivity contribution in [2.45, 2.75) is 20.0 Å². The minimum absolute atomic E-state index is 0.132. The Morgan fingerprint density at radius 1 is 1.88 bits per heavy atom. The first-order valence-corrected chi connectivity index (χ1v) is 2.72. The molecule has 1 aliphatic heterocycles. The smallest absolute Gasteiger partial charge is 0.104 e. The summed E-state index contributed by atoms with van der Waals surface area (Å²) in [5.41, 5.74) is -0.194. The highest BCUT2D eigenvalue weighted by molar-refractivity contribution is 5.04. The lowest BCUT2D eigenvalue weighted by Crippen LogP contribution is -2.46. The third-order valence-corrected chi connectivity index (χ3v) is 1.79. The molecule has 0 aromatic rings. The number of ether oxygens (including phenoxy) is 1. The molecule has 2 nitrogen and oxygen atoms in total. The first-order chi connectivity index (χ1) is 3.69. The quantitative estimate of drug-likeness (QED) is 0.466. The first-order valence-electron chi connectivity index (χ1n) is 2.72. The molecule has 0 aromatic heterocycles. The van der Waals surface area contributed by atoms with Crippen LogP contribution in [0.4, 0.5) is 0 Å². The summed E-state index contributed by atoms with van der Waals surface area (Å²) in [7, 11) is 0. The van der Waals surface area contributed by atoms with Gasteiger partial charge in [0.1, 0.15) is 5.41 Å². The molecule has 1 fully saturated rings. The second-order valence-electron chi connectivity index (χ2n) is 2.48. The Labute approximate surface area is 49.1 Å². The highest BCUT2D eigenvalue weighted by atomic mass is 16.5. The van der Waals surface area contributed by atoms with Gasteiger partial charge in [-0.1, -0.05) is 0 Å². The van der Waals surface area contributed by atoms with Crippen LogP contribution >= 0.6 is 0 Å². The van der Waals surface area contributed by atoms with E-state index in [0.717, 1.165) is 0 Å². The van der Waals surface area contributed by atoms with Crippen molar-refractivity contribution in [3.8, 4) is 6.07 Å². The van der Waals surface area contributed by atoms with E-state index in [4.69, 9.17) is 10.00 Å². The molecule has 8 heavy (non-hydrogen) atoms. The van der Waals surface area contributed by atoms with Crippen LogP contribution in [-0.4, -0.2) is 12.7 Å². The molecule has 1 heterocycles. The zero-order chi connectivity index (χ0) is 6.20. The number of hydrogen-bond donors (Lipinski definition) is 0. The van der Waals surface area contributed by atoms with Crippen molar-refractivity contribution in [2.75, 3.05) is 6.61 Å². The van der Waals surface area contributed by atoms with Crippen LogP contribution in [0.3, 0.4) is 0 Å². The number of rotatable bonds is 0. The highest BCUT2D eigenvalue weighted by Gasteiger charge is 2.41. The van der Waals surface area contributed by atoms with Crippen LogP contribution in [0.15, 0.2) is 0 Å². The van der Waals surface area contributed by atoms with E-state index in [1.54, 1.807) is 0 Å². The third kappa shape index (κ3) is 0.517. The van der Waals surface area contributed by atoms with Crippen molar-refractivity contribution in [1.82, 2.24) is 0 Å². The van der Waals surface area contributed by atoms with Crippen molar-refractivity contribution in [2.24, 2.45) is 5.41 Å². The molecule has 1 aliphatic rings. The predicted molar refractivity (Wildman–Crippen MR) is 29.1 cm³/mol. The van der Waals surface area contributed by atoms with E-state index < -0.39 is 0 Å². The predicted octanol–water partition coefficient (Wildman–Crippen LogP) is 0.935. The summed E-state index contributed by atoms with van der Waals surface area (Å²) < 4.78 is 5.01. The molecule has 44 valence electrons. The summed E-state index contributed by atoms with van der Waals surface area (Å²) in [6.07, 6.45) is 0.132. The minimum Gasteiger partial charge on any atom is -0.375 e. The van der Waals surface area contributed by atoms with Gasteiger partial charge in [0.2, 0.25) is 0 Å². The van der Waals surface area contributed by atoms with Crippen LogP contribution in [0.2, 0.25) is 0 Å². The molecule has 1 saturated heterocycles. The number of nitriles is 1. The summed E-state index contributed by atoms with van der Waals surface area (Å²) in [6, 6.07) is 2.20. The summed E-state index contributed by atoms with van der Waals surface area (Å²) >= 11 is 0. The first kappa shape index (κ1) is 5.58. The molecule has 0 bridgehead atoms. The van der Waals surface area contributed by atoms with Gasteiger partial charge in [-0.25, -0.2) is 0 Å². The van der Waals surface area contributed by atoms with Gasteiger partial charge in [-0.3, -0.25) is 0 Å². The van der Waals surface area contributed by atoms with Crippen LogP contribution in [0.25, 0.3) is 0 Å². The van der Waals surface area contributed by atoms with Gasteiger partial charge in [0.15, 0.2) is 0 Å². The molecule has 1 unspecified atom stereocenters. The molecule has 0 N–H and O–H groups in total. The van der Waals surface area contributed by atoms with E-state index in [-0.39, 0.29) is 11.5 Å². The fourth-order valence-corrected chi connectivity index (χ4v) is 0.623. The van der Waals surface area contributed by atoms with Crippen molar-refractivity contribution in [1.29, 1.82) is 5.26 Å². The van der Waals surface area contributed by atoms with Gasteiger partial charge < -0.3 is 4.74 Å². The van der Waals surface area contributed by atoms with E-state index in [1.165, 1.54) is 0 Å². The van der Waals surface area contributed by atoms with E-state index in [2.05, 4.69) is 6.07 Å². The Kier molecular flexibility index (Phi) is 1.02. The molecule has 1 rings (SSSR count). The topological polar surface area (TPSA) is 33.0 Å². The molecule has 0 radical (unpaired) electrons.